The summed E-state index contributed by atoms with van der Waals surface area (Å²) in [4.78, 5) is 25.3. The second-order valence-electron chi connectivity index (χ2n) is 5.23. The van der Waals surface area contributed by atoms with E-state index in [9.17, 15) is 14.7 Å². The van der Waals surface area contributed by atoms with Crippen molar-refractivity contribution in [3.05, 3.63) is 12.7 Å². The molecule has 5 nitrogen and oxygen atoms in total. The molecular formula is C13H21NO4. The maximum absolute atomic E-state index is 12.5. The number of carbonyl (C=O) groups is 2. The Morgan fingerprint density at radius 2 is 2.17 bits per heavy atom. The molecule has 0 spiro atoms. The fourth-order valence-corrected chi connectivity index (χ4v) is 1.86. The molecule has 5 heteroatoms. The van der Waals surface area contributed by atoms with Gasteiger partial charge in [-0.3, -0.25) is 4.79 Å². The molecule has 0 aromatic rings. The maximum atomic E-state index is 12.5. The fourth-order valence-electron chi connectivity index (χ4n) is 1.86. The number of cyclic esters (lactones) is 1. The molecule has 1 heterocycles. The number of imide groups is 1. The number of hydrogen-bond acceptors (Lipinski definition) is 4. The first kappa shape index (κ1) is 14.7. The molecule has 0 aromatic heterocycles. The Morgan fingerprint density at radius 1 is 1.61 bits per heavy atom. The summed E-state index contributed by atoms with van der Waals surface area (Å²) in [5.41, 5.74) is -1.18. The highest BCUT2D eigenvalue weighted by molar-refractivity contribution is 5.97. The quantitative estimate of drug-likeness (QED) is 0.774. The van der Waals surface area contributed by atoms with E-state index in [0.717, 1.165) is 4.90 Å². The van der Waals surface area contributed by atoms with Crippen LogP contribution in [0.15, 0.2) is 12.7 Å². The topological polar surface area (TPSA) is 66.8 Å². The zero-order valence-corrected chi connectivity index (χ0v) is 11.3. The number of hydrogen-bond donors (Lipinski definition) is 1. The molecule has 1 aliphatic heterocycles. The van der Waals surface area contributed by atoms with E-state index in [1.807, 2.05) is 13.8 Å². The lowest BCUT2D eigenvalue weighted by molar-refractivity contribution is -0.141. The van der Waals surface area contributed by atoms with Gasteiger partial charge < -0.3 is 9.84 Å². The zero-order chi connectivity index (χ0) is 14.1. The van der Waals surface area contributed by atoms with Gasteiger partial charge in [-0.05, 0) is 19.8 Å². The molecule has 102 valence electrons. The number of aliphatic hydroxyl groups excluding tert-OH is 1. The molecule has 3 unspecified atom stereocenters. The molecule has 0 radical (unpaired) electrons. The Bertz CT molecular complexity index is 364. The fraction of sp³-hybridized carbons (Fsp3) is 0.692. The van der Waals surface area contributed by atoms with Gasteiger partial charge in [0.2, 0.25) is 5.91 Å². The van der Waals surface area contributed by atoms with E-state index in [1.165, 1.54) is 13.0 Å². The first-order valence-corrected chi connectivity index (χ1v) is 6.07. The van der Waals surface area contributed by atoms with Gasteiger partial charge in [-0.1, -0.05) is 19.9 Å². The number of aliphatic hydroxyl groups is 1. The predicted molar refractivity (Wildman–Crippen MR) is 66.8 cm³/mol. The van der Waals surface area contributed by atoms with E-state index in [4.69, 9.17) is 4.74 Å². The third-order valence-corrected chi connectivity index (χ3v) is 3.65. The van der Waals surface area contributed by atoms with Gasteiger partial charge in [0.1, 0.15) is 6.61 Å². The summed E-state index contributed by atoms with van der Waals surface area (Å²) in [6, 6.07) is -0.289. The lowest BCUT2D eigenvalue weighted by Crippen LogP contribution is -2.51. The first-order chi connectivity index (χ1) is 8.25. The van der Waals surface area contributed by atoms with Crippen molar-refractivity contribution in [3.8, 4) is 0 Å². The van der Waals surface area contributed by atoms with E-state index in [-0.39, 0.29) is 18.6 Å². The van der Waals surface area contributed by atoms with Crippen LogP contribution in [-0.2, 0) is 9.53 Å². The van der Waals surface area contributed by atoms with Gasteiger partial charge in [-0.15, -0.1) is 6.58 Å². The minimum atomic E-state index is -1.18. The van der Waals surface area contributed by atoms with Crippen LogP contribution in [0.5, 0.6) is 0 Å². The minimum Gasteiger partial charge on any atom is -0.447 e. The second kappa shape index (κ2) is 5.10. The van der Waals surface area contributed by atoms with Crippen LogP contribution in [0.3, 0.4) is 0 Å². The zero-order valence-electron chi connectivity index (χ0n) is 11.3. The average Bonchev–Trinajstić information content (AvgIpc) is 2.68. The highest BCUT2D eigenvalue weighted by Gasteiger charge is 2.47. The van der Waals surface area contributed by atoms with Gasteiger partial charge in [-0.25, -0.2) is 9.69 Å². The largest absolute Gasteiger partial charge is 0.447 e. The molecule has 2 amide bonds. The maximum Gasteiger partial charge on any atom is 0.417 e. The smallest absolute Gasteiger partial charge is 0.417 e. The Morgan fingerprint density at radius 3 is 2.56 bits per heavy atom. The number of carbonyl (C=O) groups excluding carboxylic acids is 2. The van der Waals surface area contributed by atoms with Crippen LogP contribution in [0.1, 0.15) is 27.7 Å². The third kappa shape index (κ3) is 2.27. The predicted octanol–water partition coefficient (Wildman–Crippen LogP) is 1.56. The summed E-state index contributed by atoms with van der Waals surface area (Å²) in [6.45, 7) is 10.7. The molecule has 1 saturated heterocycles. The highest BCUT2D eigenvalue weighted by Crippen LogP contribution is 2.31. The molecule has 1 aliphatic rings. The molecule has 1 rings (SSSR count). The van der Waals surface area contributed by atoms with Crippen molar-refractivity contribution in [1.29, 1.82) is 0 Å². The molecule has 1 N–H and O–H groups in total. The van der Waals surface area contributed by atoms with Gasteiger partial charge in [0.15, 0.2) is 0 Å². The molecule has 3 atom stereocenters. The van der Waals surface area contributed by atoms with Crippen molar-refractivity contribution >= 4 is 12.0 Å². The van der Waals surface area contributed by atoms with E-state index in [0.29, 0.717) is 0 Å². The highest BCUT2D eigenvalue weighted by atomic mass is 16.6. The summed E-state index contributed by atoms with van der Waals surface area (Å²) in [5.74, 6) is -0.364. The van der Waals surface area contributed by atoms with Crippen molar-refractivity contribution < 1.29 is 19.4 Å². The summed E-state index contributed by atoms with van der Waals surface area (Å²) in [7, 11) is 0. The Balaban J connectivity index is 3.07. The van der Waals surface area contributed by atoms with Crippen molar-refractivity contribution in [2.45, 2.75) is 39.8 Å². The SMILES string of the molecule is C=CC(C)(C(=O)N1C(=O)OCC1C(C)C)C(C)O. The number of rotatable bonds is 4. The van der Waals surface area contributed by atoms with Crippen LogP contribution in [0.2, 0.25) is 0 Å². The molecule has 0 aliphatic carbocycles. The minimum absolute atomic E-state index is 0.100. The summed E-state index contributed by atoms with van der Waals surface area (Å²) < 4.78 is 4.93. The Labute approximate surface area is 107 Å². The van der Waals surface area contributed by atoms with Gasteiger partial charge in [-0.2, -0.15) is 0 Å². The molecule has 1 fully saturated rings. The number of nitrogens with zero attached hydrogens (tertiary/aromatic N) is 1. The normalized spacial score (nSPS) is 24.7. The lowest BCUT2D eigenvalue weighted by atomic mass is 9.83. The van der Waals surface area contributed by atoms with E-state index in [1.54, 1.807) is 6.92 Å². The van der Waals surface area contributed by atoms with Gasteiger partial charge >= 0.3 is 6.09 Å². The van der Waals surface area contributed by atoms with E-state index < -0.39 is 23.5 Å². The first-order valence-electron chi connectivity index (χ1n) is 6.07. The van der Waals surface area contributed by atoms with Crippen LogP contribution >= 0.6 is 0 Å². The standard InChI is InChI=1S/C13H21NO4/c1-6-13(5,9(4)15)11(16)14-10(8(2)3)7-18-12(14)17/h6,8-10,15H,1,7H2,2-5H3. The molecular weight excluding hydrogens is 234 g/mol. The van der Waals surface area contributed by atoms with Crippen molar-refractivity contribution in [2.24, 2.45) is 11.3 Å². The van der Waals surface area contributed by atoms with Gasteiger partial charge in [0, 0.05) is 0 Å². The van der Waals surface area contributed by atoms with E-state index in [2.05, 4.69) is 6.58 Å². The monoisotopic (exact) mass is 255 g/mol. The molecule has 0 saturated carbocycles. The van der Waals surface area contributed by atoms with Crippen molar-refractivity contribution in [1.82, 2.24) is 4.90 Å². The van der Waals surface area contributed by atoms with Crippen LogP contribution in [-0.4, -0.2) is 40.8 Å². The summed E-state index contributed by atoms with van der Waals surface area (Å²) >= 11 is 0. The van der Waals surface area contributed by atoms with Gasteiger partial charge in [0.25, 0.3) is 0 Å². The Hall–Kier alpha value is -1.36. The third-order valence-electron chi connectivity index (χ3n) is 3.65. The van der Waals surface area contributed by atoms with Crippen LogP contribution in [0.4, 0.5) is 4.79 Å². The Kier molecular flexibility index (Phi) is 4.16. The van der Waals surface area contributed by atoms with Crippen molar-refractivity contribution in [3.63, 3.8) is 0 Å². The van der Waals surface area contributed by atoms with Crippen LogP contribution in [0.25, 0.3) is 0 Å². The average molecular weight is 255 g/mol. The molecule has 18 heavy (non-hydrogen) atoms. The van der Waals surface area contributed by atoms with Crippen molar-refractivity contribution in [2.75, 3.05) is 6.61 Å². The second-order valence-corrected chi connectivity index (χ2v) is 5.23. The molecule has 0 bridgehead atoms. The number of ether oxygens (including phenoxy) is 1. The summed E-state index contributed by atoms with van der Waals surface area (Å²) in [6.07, 6.45) is -0.195. The number of amides is 2. The molecule has 0 aromatic carbocycles. The van der Waals surface area contributed by atoms with E-state index >= 15 is 0 Å². The summed E-state index contributed by atoms with van der Waals surface area (Å²) in [5, 5.41) is 9.74. The van der Waals surface area contributed by atoms with Crippen LogP contribution in [0, 0.1) is 11.3 Å². The van der Waals surface area contributed by atoms with Crippen LogP contribution < -0.4 is 0 Å². The van der Waals surface area contributed by atoms with Gasteiger partial charge in [0.05, 0.1) is 17.6 Å². The lowest BCUT2D eigenvalue weighted by Gasteiger charge is -2.33.